The van der Waals surface area contributed by atoms with E-state index >= 15 is 0 Å². The first-order chi connectivity index (χ1) is 8.49. The van der Waals surface area contributed by atoms with Gasteiger partial charge in [-0.15, -0.1) is 0 Å². The van der Waals surface area contributed by atoms with Gasteiger partial charge in [-0.25, -0.2) is 9.18 Å². The van der Waals surface area contributed by atoms with Gasteiger partial charge in [-0.3, -0.25) is 0 Å². The van der Waals surface area contributed by atoms with Crippen LogP contribution in [-0.4, -0.2) is 23.7 Å². The number of benzene rings is 1. The maximum absolute atomic E-state index is 13.7. The minimum absolute atomic E-state index is 0.267. The fourth-order valence-corrected chi connectivity index (χ4v) is 2.65. The molecule has 2 rings (SSSR count). The summed E-state index contributed by atoms with van der Waals surface area (Å²) < 4.78 is 13.7. The fourth-order valence-electron chi connectivity index (χ4n) is 2.65. The van der Waals surface area contributed by atoms with Crippen molar-refractivity contribution in [3.05, 3.63) is 29.6 Å². The van der Waals surface area contributed by atoms with Crippen LogP contribution in [0.25, 0.3) is 0 Å². The number of anilines is 1. The Morgan fingerprint density at radius 1 is 1.44 bits per heavy atom. The zero-order chi connectivity index (χ0) is 13.3. The summed E-state index contributed by atoms with van der Waals surface area (Å²) in [5, 5.41) is 8.80. The van der Waals surface area contributed by atoms with Gasteiger partial charge in [0.15, 0.2) is 0 Å². The largest absolute Gasteiger partial charge is 0.478 e. The molecule has 0 radical (unpaired) electrons. The van der Waals surface area contributed by atoms with Crippen LogP contribution in [0.15, 0.2) is 18.2 Å². The molecule has 1 heterocycles. The lowest BCUT2D eigenvalue weighted by Crippen LogP contribution is -2.40. The van der Waals surface area contributed by atoms with E-state index in [9.17, 15) is 9.18 Å². The molecule has 3 nitrogen and oxygen atoms in total. The number of rotatable bonds is 2. The van der Waals surface area contributed by atoms with Crippen molar-refractivity contribution in [2.24, 2.45) is 5.92 Å². The van der Waals surface area contributed by atoms with Gasteiger partial charge in [-0.2, -0.15) is 0 Å². The maximum Gasteiger partial charge on any atom is 0.338 e. The zero-order valence-electron chi connectivity index (χ0n) is 10.7. The van der Waals surface area contributed by atoms with E-state index in [-0.39, 0.29) is 5.56 Å². The van der Waals surface area contributed by atoms with Crippen LogP contribution in [0.2, 0.25) is 0 Å². The molecular formula is C14H18FNO2. The van der Waals surface area contributed by atoms with Gasteiger partial charge in [0.1, 0.15) is 5.82 Å². The van der Waals surface area contributed by atoms with Crippen molar-refractivity contribution in [1.29, 1.82) is 0 Å². The highest BCUT2D eigenvalue weighted by Gasteiger charge is 2.24. The molecule has 1 aliphatic rings. The number of carboxylic acids is 1. The molecule has 98 valence electrons. The number of piperidine rings is 1. The van der Waals surface area contributed by atoms with E-state index in [2.05, 4.69) is 18.7 Å². The predicted molar refractivity (Wildman–Crippen MR) is 68.6 cm³/mol. The Kier molecular flexibility index (Phi) is 3.55. The summed E-state index contributed by atoms with van der Waals surface area (Å²) in [5.74, 6) is -1.19. The number of carbonyl (C=O) groups is 1. The number of aromatic carboxylic acids is 1. The van der Waals surface area contributed by atoms with Crippen LogP contribution in [0.4, 0.5) is 10.1 Å². The molecule has 0 aromatic heterocycles. The molecule has 1 aliphatic heterocycles. The molecule has 0 aliphatic carbocycles. The molecule has 0 bridgehead atoms. The van der Waals surface area contributed by atoms with Crippen LogP contribution in [0.5, 0.6) is 0 Å². The van der Waals surface area contributed by atoms with E-state index in [1.807, 2.05) is 0 Å². The summed E-state index contributed by atoms with van der Waals surface area (Å²) in [4.78, 5) is 12.9. The molecule has 1 saturated heterocycles. The minimum atomic E-state index is -1.22. The summed E-state index contributed by atoms with van der Waals surface area (Å²) >= 11 is 0. The van der Waals surface area contributed by atoms with E-state index in [1.54, 1.807) is 6.07 Å². The molecule has 0 spiro atoms. The van der Waals surface area contributed by atoms with Crippen molar-refractivity contribution in [3.63, 3.8) is 0 Å². The quantitative estimate of drug-likeness (QED) is 0.877. The van der Waals surface area contributed by atoms with E-state index < -0.39 is 11.8 Å². The molecule has 4 heteroatoms. The molecule has 1 N–H and O–H groups in total. The van der Waals surface area contributed by atoms with Crippen LogP contribution in [0.3, 0.4) is 0 Å². The second kappa shape index (κ2) is 4.96. The van der Waals surface area contributed by atoms with Gasteiger partial charge >= 0.3 is 5.97 Å². The molecule has 2 atom stereocenters. The highest BCUT2D eigenvalue weighted by atomic mass is 19.1. The first-order valence-electron chi connectivity index (χ1n) is 6.28. The van der Waals surface area contributed by atoms with Crippen LogP contribution < -0.4 is 4.90 Å². The molecule has 1 aromatic rings. The van der Waals surface area contributed by atoms with Gasteiger partial charge in [0.05, 0.1) is 5.56 Å². The van der Waals surface area contributed by atoms with Gasteiger partial charge in [-0.1, -0.05) is 6.92 Å². The third kappa shape index (κ3) is 2.47. The summed E-state index contributed by atoms with van der Waals surface area (Å²) in [5.41, 5.74) is 0.508. The van der Waals surface area contributed by atoms with Crippen LogP contribution in [-0.2, 0) is 0 Å². The highest BCUT2D eigenvalue weighted by Crippen LogP contribution is 2.28. The monoisotopic (exact) mass is 251 g/mol. The van der Waals surface area contributed by atoms with Crippen molar-refractivity contribution in [3.8, 4) is 0 Å². The first-order valence-corrected chi connectivity index (χ1v) is 6.28. The minimum Gasteiger partial charge on any atom is -0.478 e. The normalized spacial score (nSPS) is 24.1. The summed E-state index contributed by atoms with van der Waals surface area (Å²) in [6.07, 6.45) is 2.18. The van der Waals surface area contributed by atoms with Crippen molar-refractivity contribution in [1.82, 2.24) is 0 Å². The zero-order valence-corrected chi connectivity index (χ0v) is 10.7. The van der Waals surface area contributed by atoms with Crippen molar-refractivity contribution in [2.75, 3.05) is 11.4 Å². The molecule has 0 saturated carbocycles. The average Bonchev–Trinajstić information content (AvgIpc) is 2.28. The summed E-state index contributed by atoms with van der Waals surface area (Å²) in [6, 6.07) is 4.73. The van der Waals surface area contributed by atoms with Crippen LogP contribution >= 0.6 is 0 Å². The molecule has 0 amide bonds. The van der Waals surface area contributed by atoms with E-state index in [0.29, 0.717) is 12.0 Å². The number of carboxylic acid groups (broad SMARTS) is 1. The Morgan fingerprint density at radius 3 is 2.72 bits per heavy atom. The van der Waals surface area contributed by atoms with Crippen LogP contribution in [0, 0.1) is 11.7 Å². The molecular weight excluding hydrogens is 233 g/mol. The SMILES string of the molecule is CC1CCN(c2ccc(C(=O)O)c(F)c2)C(C)C1. The second-order valence-corrected chi connectivity index (χ2v) is 5.14. The van der Waals surface area contributed by atoms with Crippen molar-refractivity contribution >= 4 is 11.7 Å². The average molecular weight is 251 g/mol. The van der Waals surface area contributed by atoms with Gasteiger partial charge in [0, 0.05) is 18.3 Å². The van der Waals surface area contributed by atoms with E-state index in [1.165, 1.54) is 12.1 Å². The molecule has 2 unspecified atom stereocenters. The Bertz CT molecular complexity index is 461. The summed E-state index contributed by atoms with van der Waals surface area (Å²) in [6.45, 7) is 5.24. The Hall–Kier alpha value is -1.58. The van der Waals surface area contributed by atoms with Crippen molar-refractivity contribution < 1.29 is 14.3 Å². The lowest BCUT2D eigenvalue weighted by molar-refractivity contribution is 0.0692. The topological polar surface area (TPSA) is 40.5 Å². The molecule has 1 aromatic carbocycles. The molecule has 18 heavy (non-hydrogen) atoms. The maximum atomic E-state index is 13.7. The predicted octanol–water partition coefficient (Wildman–Crippen LogP) is 3.15. The van der Waals surface area contributed by atoms with Crippen LogP contribution in [0.1, 0.15) is 37.0 Å². The lowest BCUT2D eigenvalue weighted by atomic mass is 9.93. The standard InChI is InChI=1S/C14H18FNO2/c1-9-5-6-16(10(2)7-9)11-3-4-12(14(17)18)13(15)8-11/h3-4,8-10H,5-7H2,1-2H3,(H,17,18). The van der Waals surface area contributed by atoms with E-state index in [4.69, 9.17) is 5.11 Å². The van der Waals surface area contributed by atoms with Gasteiger partial charge in [-0.05, 0) is 43.9 Å². The number of halogens is 1. The number of hydrogen-bond acceptors (Lipinski definition) is 2. The van der Waals surface area contributed by atoms with Gasteiger partial charge < -0.3 is 10.0 Å². The highest BCUT2D eigenvalue weighted by molar-refractivity contribution is 5.88. The molecule has 1 fully saturated rings. The number of nitrogens with zero attached hydrogens (tertiary/aromatic N) is 1. The van der Waals surface area contributed by atoms with Gasteiger partial charge in [0.25, 0.3) is 0 Å². The third-order valence-corrected chi connectivity index (χ3v) is 3.65. The second-order valence-electron chi connectivity index (χ2n) is 5.14. The Balaban J connectivity index is 2.24. The first kappa shape index (κ1) is 12.9. The Morgan fingerprint density at radius 2 is 2.17 bits per heavy atom. The third-order valence-electron chi connectivity index (χ3n) is 3.65. The number of hydrogen-bond donors (Lipinski definition) is 1. The smallest absolute Gasteiger partial charge is 0.338 e. The Labute approximate surface area is 106 Å². The summed E-state index contributed by atoms with van der Waals surface area (Å²) in [7, 11) is 0. The van der Waals surface area contributed by atoms with Crippen molar-refractivity contribution in [2.45, 2.75) is 32.7 Å². The fraction of sp³-hybridized carbons (Fsp3) is 0.500. The van der Waals surface area contributed by atoms with Gasteiger partial charge in [0.2, 0.25) is 0 Å². The lowest BCUT2D eigenvalue weighted by Gasteiger charge is -2.38. The van der Waals surface area contributed by atoms with E-state index in [0.717, 1.165) is 25.1 Å².